The maximum atomic E-state index is 13.0. The summed E-state index contributed by atoms with van der Waals surface area (Å²) in [4.78, 5) is 13.6. The van der Waals surface area contributed by atoms with Crippen LogP contribution in [0.5, 0.6) is 0 Å². The second kappa shape index (κ2) is 6.70. The lowest BCUT2D eigenvalue weighted by Crippen LogP contribution is -2.27. The SMILES string of the molecule is CN(C(=O)CCNc1cccc(F)c1)c1ccccc1. The van der Waals surface area contributed by atoms with Crippen molar-refractivity contribution in [3.8, 4) is 0 Å². The lowest BCUT2D eigenvalue weighted by atomic mass is 10.2. The first-order valence-electron chi connectivity index (χ1n) is 6.48. The van der Waals surface area contributed by atoms with Gasteiger partial charge >= 0.3 is 0 Å². The van der Waals surface area contributed by atoms with Gasteiger partial charge in [-0.15, -0.1) is 0 Å². The van der Waals surface area contributed by atoms with Gasteiger partial charge in [-0.25, -0.2) is 4.39 Å². The summed E-state index contributed by atoms with van der Waals surface area (Å²) < 4.78 is 13.0. The van der Waals surface area contributed by atoms with Crippen LogP contribution in [0.4, 0.5) is 15.8 Å². The molecule has 0 aliphatic rings. The van der Waals surface area contributed by atoms with Crippen molar-refractivity contribution in [3.63, 3.8) is 0 Å². The molecule has 2 rings (SSSR count). The minimum absolute atomic E-state index is 0.0140. The van der Waals surface area contributed by atoms with E-state index < -0.39 is 0 Å². The van der Waals surface area contributed by atoms with Crippen LogP contribution in [0.3, 0.4) is 0 Å². The third-order valence-electron chi connectivity index (χ3n) is 3.01. The van der Waals surface area contributed by atoms with Gasteiger partial charge in [0.1, 0.15) is 5.82 Å². The zero-order valence-corrected chi connectivity index (χ0v) is 11.3. The van der Waals surface area contributed by atoms with Gasteiger partial charge < -0.3 is 10.2 Å². The van der Waals surface area contributed by atoms with Gasteiger partial charge in [0.2, 0.25) is 5.91 Å². The van der Waals surface area contributed by atoms with Crippen LogP contribution in [0.1, 0.15) is 6.42 Å². The smallest absolute Gasteiger partial charge is 0.228 e. The van der Waals surface area contributed by atoms with E-state index in [1.165, 1.54) is 12.1 Å². The Morgan fingerprint density at radius 3 is 2.60 bits per heavy atom. The zero-order valence-electron chi connectivity index (χ0n) is 11.3. The molecule has 1 N–H and O–H groups in total. The van der Waals surface area contributed by atoms with Crippen molar-refractivity contribution in [1.29, 1.82) is 0 Å². The highest BCUT2D eigenvalue weighted by atomic mass is 19.1. The fourth-order valence-electron chi connectivity index (χ4n) is 1.88. The number of amides is 1. The normalized spacial score (nSPS) is 10.1. The van der Waals surface area contributed by atoms with Gasteiger partial charge in [-0.2, -0.15) is 0 Å². The number of carbonyl (C=O) groups excluding carboxylic acids is 1. The molecule has 0 fully saturated rings. The van der Waals surface area contributed by atoms with E-state index in [9.17, 15) is 9.18 Å². The van der Waals surface area contributed by atoms with E-state index in [2.05, 4.69) is 5.32 Å². The number of halogens is 1. The molecular weight excluding hydrogens is 255 g/mol. The van der Waals surface area contributed by atoms with Crippen molar-refractivity contribution in [2.45, 2.75) is 6.42 Å². The van der Waals surface area contributed by atoms with Gasteiger partial charge in [-0.3, -0.25) is 4.79 Å². The van der Waals surface area contributed by atoms with E-state index in [-0.39, 0.29) is 11.7 Å². The Labute approximate surface area is 118 Å². The molecule has 0 aliphatic carbocycles. The molecule has 104 valence electrons. The predicted molar refractivity (Wildman–Crippen MR) is 79.4 cm³/mol. The number of para-hydroxylation sites is 1. The Bertz CT molecular complexity index is 572. The van der Waals surface area contributed by atoms with Crippen molar-refractivity contribution < 1.29 is 9.18 Å². The average molecular weight is 272 g/mol. The van der Waals surface area contributed by atoms with Gasteiger partial charge in [-0.05, 0) is 30.3 Å². The van der Waals surface area contributed by atoms with Crippen molar-refractivity contribution >= 4 is 17.3 Å². The number of anilines is 2. The summed E-state index contributed by atoms with van der Waals surface area (Å²) in [5, 5.41) is 3.04. The highest BCUT2D eigenvalue weighted by Crippen LogP contribution is 2.13. The zero-order chi connectivity index (χ0) is 14.4. The number of hydrogen-bond acceptors (Lipinski definition) is 2. The van der Waals surface area contributed by atoms with Gasteiger partial charge in [0.25, 0.3) is 0 Å². The number of nitrogens with zero attached hydrogens (tertiary/aromatic N) is 1. The molecular formula is C16H17FN2O. The standard InChI is InChI=1S/C16H17FN2O/c1-19(15-8-3-2-4-9-15)16(20)10-11-18-14-7-5-6-13(17)12-14/h2-9,12,18H,10-11H2,1H3. The molecule has 0 radical (unpaired) electrons. The Morgan fingerprint density at radius 1 is 1.15 bits per heavy atom. The highest BCUT2D eigenvalue weighted by molar-refractivity contribution is 5.92. The molecule has 2 aromatic rings. The monoisotopic (exact) mass is 272 g/mol. The summed E-state index contributed by atoms with van der Waals surface area (Å²) in [6.07, 6.45) is 0.349. The number of carbonyl (C=O) groups is 1. The molecule has 1 amide bonds. The summed E-state index contributed by atoms with van der Waals surface area (Å²) >= 11 is 0. The second-order valence-corrected chi connectivity index (χ2v) is 4.48. The molecule has 0 heterocycles. The summed E-state index contributed by atoms with van der Waals surface area (Å²) in [5.74, 6) is -0.275. The molecule has 0 aromatic heterocycles. The first kappa shape index (κ1) is 14.1. The third-order valence-corrected chi connectivity index (χ3v) is 3.01. The minimum atomic E-state index is -0.289. The molecule has 0 bridgehead atoms. The van der Waals surface area contributed by atoms with Gasteiger partial charge in [0, 0.05) is 31.4 Å². The third kappa shape index (κ3) is 3.82. The Hall–Kier alpha value is -2.36. The van der Waals surface area contributed by atoms with Crippen LogP contribution in [0.25, 0.3) is 0 Å². The van der Waals surface area contributed by atoms with Crippen LogP contribution in [0.2, 0.25) is 0 Å². The van der Waals surface area contributed by atoms with Crippen LogP contribution in [-0.2, 0) is 4.79 Å². The van der Waals surface area contributed by atoms with Crippen molar-refractivity contribution in [2.75, 3.05) is 23.8 Å². The summed E-state index contributed by atoms with van der Waals surface area (Å²) in [5.41, 5.74) is 1.54. The molecule has 0 saturated heterocycles. The van der Waals surface area contributed by atoms with E-state index in [1.54, 1.807) is 24.1 Å². The lowest BCUT2D eigenvalue weighted by molar-refractivity contribution is -0.118. The second-order valence-electron chi connectivity index (χ2n) is 4.48. The van der Waals surface area contributed by atoms with E-state index in [4.69, 9.17) is 0 Å². The van der Waals surface area contributed by atoms with Crippen LogP contribution < -0.4 is 10.2 Å². The van der Waals surface area contributed by atoms with Crippen molar-refractivity contribution in [1.82, 2.24) is 0 Å². The maximum absolute atomic E-state index is 13.0. The molecule has 2 aromatic carbocycles. The highest BCUT2D eigenvalue weighted by Gasteiger charge is 2.09. The van der Waals surface area contributed by atoms with Crippen LogP contribution >= 0.6 is 0 Å². The topological polar surface area (TPSA) is 32.3 Å². The van der Waals surface area contributed by atoms with E-state index in [1.807, 2.05) is 30.3 Å². The molecule has 0 unspecified atom stereocenters. The summed E-state index contributed by atoms with van der Waals surface area (Å²) in [6, 6.07) is 15.7. The van der Waals surface area contributed by atoms with E-state index in [0.717, 1.165) is 5.69 Å². The van der Waals surface area contributed by atoms with Crippen LogP contribution in [0.15, 0.2) is 54.6 Å². The van der Waals surface area contributed by atoms with E-state index >= 15 is 0 Å². The van der Waals surface area contributed by atoms with Crippen LogP contribution in [0, 0.1) is 5.82 Å². The van der Waals surface area contributed by atoms with Gasteiger partial charge in [0.15, 0.2) is 0 Å². The Balaban J connectivity index is 1.83. The van der Waals surface area contributed by atoms with Crippen LogP contribution in [-0.4, -0.2) is 19.5 Å². The van der Waals surface area contributed by atoms with Gasteiger partial charge in [-0.1, -0.05) is 24.3 Å². The molecule has 0 aliphatic heterocycles. The summed E-state index contributed by atoms with van der Waals surface area (Å²) in [7, 11) is 1.75. The lowest BCUT2D eigenvalue weighted by Gasteiger charge is -2.17. The average Bonchev–Trinajstić information content (AvgIpc) is 2.47. The first-order chi connectivity index (χ1) is 9.66. The number of benzene rings is 2. The molecule has 0 spiro atoms. The van der Waals surface area contributed by atoms with E-state index in [0.29, 0.717) is 18.7 Å². The maximum Gasteiger partial charge on any atom is 0.228 e. The molecule has 0 saturated carbocycles. The minimum Gasteiger partial charge on any atom is -0.384 e. The summed E-state index contributed by atoms with van der Waals surface area (Å²) in [6.45, 7) is 0.472. The first-order valence-corrected chi connectivity index (χ1v) is 6.48. The Kier molecular flexibility index (Phi) is 4.71. The number of hydrogen-bond donors (Lipinski definition) is 1. The fourth-order valence-corrected chi connectivity index (χ4v) is 1.88. The van der Waals surface area contributed by atoms with Crippen molar-refractivity contribution in [2.24, 2.45) is 0 Å². The Morgan fingerprint density at radius 2 is 1.90 bits per heavy atom. The van der Waals surface area contributed by atoms with Gasteiger partial charge in [0.05, 0.1) is 0 Å². The molecule has 20 heavy (non-hydrogen) atoms. The molecule has 3 nitrogen and oxygen atoms in total. The molecule has 4 heteroatoms. The van der Waals surface area contributed by atoms with Crippen molar-refractivity contribution in [3.05, 3.63) is 60.4 Å². The largest absolute Gasteiger partial charge is 0.384 e. The quantitative estimate of drug-likeness (QED) is 0.905. The fraction of sp³-hybridized carbons (Fsp3) is 0.188. The number of rotatable bonds is 5. The number of nitrogens with one attached hydrogen (secondary N) is 1. The molecule has 0 atom stereocenters. The predicted octanol–water partition coefficient (Wildman–Crippen LogP) is 3.29.